The normalized spacial score (nSPS) is 13.7. The molecule has 0 fully saturated rings. The third-order valence-corrected chi connectivity index (χ3v) is 7.21. The zero-order chi connectivity index (χ0) is 24.7. The van der Waals surface area contributed by atoms with Crippen LogP contribution in [0, 0.1) is 0 Å². The van der Waals surface area contributed by atoms with E-state index in [4.69, 9.17) is 4.74 Å². The first-order chi connectivity index (χ1) is 16.7. The smallest absolute Gasteiger partial charge is 0.254 e. The second-order valence-corrected chi connectivity index (χ2v) is 10.9. The van der Waals surface area contributed by atoms with Crippen molar-refractivity contribution >= 4 is 32.7 Å². The van der Waals surface area contributed by atoms with Gasteiger partial charge in [0.15, 0.2) is 9.84 Å². The maximum absolute atomic E-state index is 13.2. The van der Waals surface area contributed by atoms with Crippen molar-refractivity contribution in [2.24, 2.45) is 0 Å². The van der Waals surface area contributed by atoms with Crippen molar-refractivity contribution in [2.75, 3.05) is 38.4 Å². The van der Waals surface area contributed by atoms with Gasteiger partial charge in [-0.1, -0.05) is 12.1 Å². The molecule has 2 heterocycles. The van der Waals surface area contributed by atoms with E-state index in [2.05, 4.69) is 22.1 Å². The molecule has 9 heteroatoms. The molecule has 0 spiro atoms. The van der Waals surface area contributed by atoms with Gasteiger partial charge in [0.25, 0.3) is 5.91 Å². The van der Waals surface area contributed by atoms with E-state index < -0.39 is 9.84 Å². The fraction of sp³-hybridized carbons (Fsp3) is 0.231. The van der Waals surface area contributed by atoms with Gasteiger partial charge in [-0.15, -0.1) is 0 Å². The molecule has 0 saturated heterocycles. The van der Waals surface area contributed by atoms with Crippen molar-refractivity contribution < 1.29 is 17.9 Å². The quantitative estimate of drug-likeness (QED) is 0.468. The van der Waals surface area contributed by atoms with Crippen molar-refractivity contribution in [1.29, 1.82) is 0 Å². The number of anilines is 1. The molecule has 1 aliphatic rings. The van der Waals surface area contributed by atoms with Crippen LogP contribution in [-0.4, -0.2) is 62.7 Å². The zero-order valence-corrected chi connectivity index (χ0v) is 20.6. The third-order valence-electron chi connectivity index (χ3n) is 6.08. The SMILES string of the molecule is CN(C)c1nc2ccc(-c3ccc4c(c3)CN(C(=O)c3ccc(S(C)(=O)=O)cc3)CCO4)cc2[nH]1. The van der Waals surface area contributed by atoms with E-state index in [1.807, 2.05) is 43.3 Å². The first-order valence-corrected chi connectivity index (χ1v) is 13.1. The Kier molecular flexibility index (Phi) is 5.72. The maximum atomic E-state index is 13.2. The highest BCUT2D eigenvalue weighted by Gasteiger charge is 2.22. The van der Waals surface area contributed by atoms with Gasteiger partial charge in [0.1, 0.15) is 12.4 Å². The van der Waals surface area contributed by atoms with Crippen LogP contribution in [0.4, 0.5) is 5.95 Å². The number of H-pyrrole nitrogens is 1. The summed E-state index contributed by atoms with van der Waals surface area (Å²) < 4.78 is 29.4. The summed E-state index contributed by atoms with van der Waals surface area (Å²) in [6, 6.07) is 18.2. The summed E-state index contributed by atoms with van der Waals surface area (Å²) in [6.45, 7) is 1.21. The highest BCUT2D eigenvalue weighted by molar-refractivity contribution is 7.90. The summed E-state index contributed by atoms with van der Waals surface area (Å²) in [5, 5.41) is 0. The van der Waals surface area contributed by atoms with Crippen LogP contribution in [-0.2, 0) is 16.4 Å². The predicted octanol–water partition coefficient (Wildman–Crippen LogP) is 3.73. The van der Waals surface area contributed by atoms with Crippen LogP contribution in [0.3, 0.4) is 0 Å². The summed E-state index contributed by atoms with van der Waals surface area (Å²) in [4.78, 5) is 24.9. The van der Waals surface area contributed by atoms with Crippen molar-refractivity contribution in [3.8, 4) is 16.9 Å². The minimum atomic E-state index is -3.32. The number of hydrogen-bond donors (Lipinski definition) is 1. The van der Waals surface area contributed by atoms with E-state index in [9.17, 15) is 13.2 Å². The molecule has 1 aliphatic heterocycles. The molecule has 1 N–H and O–H groups in total. The van der Waals surface area contributed by atoms with E-state index in [-0.39, 0.29) is 10.8 Å². The molecule has 0 unspecified atom stereocenters. The molecule has 35 heavy (non-hydrogen) atoms. The Morgan fingerprint density at radius 1 is 1.03 bits per heavy atom. The minimum absolute atomic E-state index is 0.165. The number of imidazole rings is 1. The number of rotatable bonds is 4. The van der Waals surface area contributed by atoms with Crippen LogP contribution in [0.15, 0.2) is 65.6 Å². The Hall–Kier alpha value is -3.85. The lowest BCUT2D eigenvalue weighted by Gasteiger charge is -2.20. The van der Waals surface area contributed by atoms with Crippen molar-refractivity contribution in [3.63, 3.8) is 0 Å². The number of aromatic nitrogens is 2. The van der Waals surface area contributed by atoms with Gasteiger partial charge in [0, 0.05) is 38.0 Å². The van der Waals surface area contributed by atoms with Crippen LogP contribution < -0.4 is 9.64 Å². The molecule has 8 nitrogen and oxygen atoms in total. The van der Waals surface area contributed by atoms with Gasteiger partial charge in [-0.3, -0.25) is 4.79 Å². The molecule has 3 aromatic carbocycles. The molecule has 0 saturated carbocycles. The van der Waals surface area contributed by atoms with Gasteiger partial charge in [-0.2, -0.15) is 0 Å². The molecule has 0 bridgehead atoms. The number of fused-ring (bicyclic) bond motifs is 2. The highest BCUT2D eigenvalue weighted by Crippen LogP contribution is 2.31. The van der Waals surface area contributed by atoms with Crippen molar-refractivity contribution in [2.45, 2.75) is 11.4 Å². The number of benzene rings is 3. The van der Waals surface area contributed by atoms with Gasteiger partial charge in [-0.25, -0.2) is 13.4 Å². The second kappa shape index (κ2) is 8.74. The molecule has 180 valence electrons. The number of hydrogen-bond acceptors (Lipinski definition) is 6. The largest absolute Gasteiger partial charge is 0.491 e. The Bertz CT molecular complexity index is 1530. The van der Waals surface area contributed by atoms with Crippen LogP contribution in [0.5, 0.6) is 5.75 Å². The number of carbonyl (C=O) groups is 1. The minimum Gasteiger partial charge on any atom is -0.491 e. The van der Waals surface area contributed by atoms with Gasteiger partial charge >= 0.3 is 0 Å². The molecule has 0 radical (unpaired) electrons. The van der Waals surface area contributed by atoms with Gasteiger partial charge < -0.3 is 19.5 Å². The van der Waals surface area contributed by atoms with E-state index >= 15 is 0 Å². The summed E-state index contributed by atoms with van der Waals surface area (Å²) in [5.41, 5.74) is 5.26. The summed E-state index contributed by atoms with van der Waals surface area (Å²) in [6.07, 6.45) is 1.15. The fourth-order valence-electron chi connectivity index (χ4n) is 4.16. The molecular formula is C26H26N4O4S. The van der Waals surface area contributed by atoms with Gasteiger partial charge in [-0.05, 0) is 59.7 Å². The van der Waals surface area contributed by atoms with E-state index in [0.29, 0.717) is 25.3 Å². The maximum Gasteiger partial charge on any atom is 0.254 e. The van der Waals surface area contributed by atoms with E-state index in [1.165, 1.54) is 12.1 Å². The first kappa shape index (κ1) is 22.9. The second-order valence-electron chi connectivity index (χ2n) is 8.88. The average Bonchev–Trinajstić information content (AvgIpc) is 3.15. The number of aromatic amines is 1. The highest BCUT2D eigenvalue weighted by atomic mass is 32.2. The number of sulfone groups is 1. The summed E-state index contributed by atoms with van der Waals surface area (Å²) in [7, 11) is 0.568. The zero-order valence-electron chi connectivity index (χ0n) is 19.8. The molecule has 4 aromatic rings. The summed E-state index contributed by atoms with van der Waals surface area (Å²) >= 11 is 0. The van der Waals surface area contributed by atoms with Gasteiger partial charge in [0.05, 0.1) is 22.5 Å². The number of nitrogens with zero attached hydrogens (tertiary/aromatic N) is 3. The topological polar surface area (TPSA) is 95.6 Å². The number of ether oxygens (including phenoxy) is 1. The Morgan fingerprint density at radius 3 is 2.46 bits per heavy atom. The predicted molar refractivity (Wildman–Crippen MR) is 136 cm³/mol. The Morgan fingerprint density at radius 2 is 1.74 bits per heavy atom. The molecule has 1 aromatic heterocycles. The van der Waals surface area contributed by atoms with Crippen LogP contribution >= 0.6 is 0 Å². The number of amides is 1. The fourth-order valence-corrected chi connectivity index (χ4v) is 4.79. The lowest BCUT2D eigenvalue weighted by Crippen LogP contribution is -2.32. The Balaban J connectivity index is 1.42. The van der Waals surface area contributed by atoms with Crippen LogP contribution in [0.2, 0.25) is 0 Å². The lowest BCUT2D eigenvalue weighted by molar-refractivity contribution is 0.0733. The third kappa shape index (κ3) is 4.59. The van der Waals surface area contributed by atoms with E-state index in [1.54, 1.807) is 17.0 Å². The molecule has 1 amide bonds. The number of nitrogens with one attached hydrogen (secondary N) is 1. The van der Waals surface area contributed by atoms with Crippen LogP contribution in [0.1, 0.15) is 15.9 Å². The van der Waals surface area contributed by atoms with Crippen LogP contribution in [0.25, 0.3) is 22.2 Å². The van der Waals surface area contributed by atoms with Gasteiger partial charge in [0.2, 0.25) is 5.95 Å². The van der Waals surface area contributed by atoms with E-state index in [0.717, 1.165) is 45.7 Å². The molecular weight excluding hydrogens is 464 g/mol. The monoisotopic (exact) mass is 490 g/mol. The Labute approximate surface area is 204 Å². The van der Waals surface area contributed by atoms with Crippen molar-refractivity contribution in [1.82, 2.24) is 14.9 Å². The molecule has 0 atom stereocenters. The first-order valence-electron chi connectivity index (χ1n) is 11.2. The average molecular weight is 491 g/mol. The molecule has 5 rings (SSSR count). The summed E-state index contributed by atoms with van der Waals surface area (Å²) in [5.74, 6) is 1.39. The molecule has 0 aliphatic carbocycles. The van der Waals surface area contributed by atoms with Crippen molar-refractivity contribution in [3.05, 3.63) is 71.8 Å². The number of carbonyl (C=O) groups excluding carboxylic acids is 1. The standard InChI is InChI=1S/C26H26N4O4S/c1-29(2)26-27-22-10-6-19(15-23(22)28-26)18-7-11-24-20(14-18)16-30(12-13-34-24)25(31)17-4-8-21(9-5-17)35(3,32)33/h4-11,14-15H,12-13,16H2,1-3H3,(H,27,28). The lowest BCUT2D eigenvalue weighted by atomic mass is 10.0.